The van der Waals surface area contributed by atoms with Gasteiger partial charge in [-0.15, -0.1) is 0 Å². The van der Waals surface area contributed by atoms with Gasteiger partial charge < -0.3 is 5.32 Å². The van der Waals surface area contributed by atoms with Crippen molar-refractivity contribution in [2.75, 3.05) is 18.1 Å². The predicted octanol–water partition coefficient (Wildman–Crippen LogP) is 3.12. The zero-order valence-corrected chi connectivity index (χ0v) is 11.8. The quantitative estimate of drug-likeness (QED) is 0.873. The molecule has 2 atom stereocenters. The van der Waals surface area contributed by atoms with Gasteiger partial charge in [-0.05, 0) is 24.6 Å². The molecule has 2 unspecified atom stereocenters. The largest absolute Gasteiger partial charge is 0.416 e. The minimum Gasteiger partial charge on any atom is -0.309 e. The number of alkyl halides is 3. The third-order valence-electron chi connectivity index (χ3n) is 2.84. The van der Waals surface area contributed by atoms with Gasteiger partial charge in [0.1, 0.15) is 0 Å². The first-order valence-electron chi connectivity index (χ1n) is 6.10. The first-order chi connectivity index (χ1) is 8.84. The Morgan fingerprint density at radius 2 is 1.84 bits per heavy atom. The maximum absolute atomic E-state index is 12.4. The topological polar surface area (TPSA) is 29.1 Å². The molecule has 0 aromatic heterocycles. The van der Waals surface area contributed by atoms with Crippen LogP contribution in [0.2, 0.25) is 0 Å². The van der Waals surface area contributed by atoms with Crippen molar-refractivity contribution in [1.29, 1.82) is 0 Å². The maximum Gasteiger partial charge on any atom is 0.416 e. The van der Waals surface area contributed by atoms with Gasteiger partial charge in [-0.25, -0.2) is 0 Å². The lowest BCUT2D eigenvalue weighted by Gasteiger charge is -2.15. The summed E-state index contributed by atoms with van der Waals surface area (Å²) < 4.78 is 48.4. The van der Waals surface area contributed by atoms with E-state index in [-0.39, 0.29) is 6.04 Å². The molecule has 0 aliphatic rings. The second kappa shape index (κ2) is 7.05. The normalized spacial score (nSPS) is 15.2. The number of hydrogen-bond acceptors (Lipinski definition) is 2. The van der Waals surface area contributed by atoms with E-state index in [0.29, 0.717) is 18.1 Å². The zero-order valence-electron chi connectivity index (χ0n) is 11.0. The molecule has 0 radical (unpaired) electrons. The Morgan fingerprint density at radius 3 is 2.32 bits per heavy atom. The van der Waals surface area contributed by atoms with Crippen LogP contribution in [0, 0.1) is 0 Å². The molecule has 0 saturated carbocycles. The van der Waals surface area contributed by atoms with E-state index in [4.69, 9.17) is 0 Å². The average Bonchev–Trinajstić information content (AvgIpc) is 2.37. The molecular weight excluding hydrogens is 275 g/mol. The molecule has 0 bridgehead atoms. The van der Waals surface area contributed by atoms with E-state index in [9.17, 15) is 17.4 Å². The molecule has 108 valence electrons. The summed E-state index contributed by atoms with van der Waals surface area (Å²) in [7, 11) is -0.827. The molecule has 0 fully saturated rings. The van der Waals surface area contributed by atoms with Crippen molar-refractivity contribution >= 4 is 10.8 Å². The number of nitrogens with one attached hydrogen (secondary N) is 1. The second-order valence-corrected chi connectivity index (χ2v) is 6.09. The molecule has 0 aliphatic heterocycles. The van der Waals surface area contributed by atoms with Crippen LogP contribution in [0.4, 0.5) is 13.2 Å². The Labute approximate surface area is 113 Å². The molecule has 6 heteroatoms. The lowest BCUT2D eigenvalue weighted by molar-refractivity contribution is -0.137. The van der Waals surface area contributed by atoms with Crippen LogP contribution in [-0.2, 0) is 17.0 Å². The van der Waals surface area contributed by atoms with Crippen molar-refractivity contribution in [3.05, 3.63) is 35.4 Å². The van der Waals surface area contributed by atoms with Crippen LogP contribution >= 0.6 is 0 Å². The third-order valence-corrected chi connectivity index (χ3v) is 4.14. The number of hydrogen-bond donors (Lipinski definition) is 1. The highest BCUT2D eigenvalue weighted by Crippen LogP contribution is 2.29. The molecule has 1 N–H and O–H groups in total. The fraction of sp³-hybridized carbons (Fsp3) is 0.538. The summed E-state index contributed by atoms with van der Waals surface area (Å²) in [6.07, 6.45) is -4.30. The SMILES string of the molecule is CCS(=O)CCNC(C)c1ccc(C(F)(F)F)cc1. The van der Waals surface area contributed by atoms with Crippen LogP contribution in [0.1, 0.15) is 31.0 Å². The smallest absolute Gasteiger partial charge is 0.309 e. The van der Waals surface area contributed by atoms with Crippen LogP contribution in [0.3, 0.4) is 0 Å². The minimum atomic E-state index is -4.30. The van der Waals surface area contributed by atoms with Crippen molar-refractivity contribution in [3.63, 3.8) is 0 Å². The second-order valence-electron chi connectivity index (χ2n) is 4.23. The van der Waals surface area contributed by atoms with Gasteiger partial charge in [0.15, 0.2) is 0 Å². The fourth-order valence-corrected chi connectivity index (χ4v) is 2.25. The summed E-state index contributed by atoms with van der Waals surface area (Å²) in [5.74, 6) is 1.18. The van der Waals surface area contributed by atoms with Crippen molar-refractivity contribution in [3.8, 4) is 0 Å². The Hall–Kier alpha value is -0.880. The van der Waals surface area contributed by atoms with Crippen LogP contribution in [-0.4, -0.2) is 22.3 Å². The highest BCUT2D eigenvalue weighted by Gasteiger charge is 2.30. The van der Waals surface area contributed by atoms with Crippen molar-refractivity contribution in [1.82, 2.24) is 5.32 Å². The van der Waals surface area contributed by atoms with Gasteiger partial charge in [-0.2, -0.15) is 13.2 Å². The van der Waals surface area contributed by atoms with Gasteiger partial charge in [-0.3, -0.25) is 4.21 Å². The van der Waals surface area contributed by atoms with Gasteiger partial charge in [0.25, 0.3) is 0 Å². The lowest BCUT2D eigenvalue weighted by Crippen LogP contribution is -2.24. The molecule has 1 aromatic carbocycles. The predicted molar refractivity (Wildman–Crippen MR) is 71.4 cm³/mol. The van der Waals surface area contributed by atoms with Crippen LogP contribution in [0.25, 0.3) is 0 Å². The van der Waals surface area contributed by atoms with E-state index in [1.807, 2.05) is 13.8 Å². The average molecular weight is 293 g/mol. The monoisotopic (exact) mass is 293 g/mol. The summed E-state index contributed by atoms with van der Waals surface area (Å²) in [4.78, 5) is 0. The molecule has 0 aliphatic carbocycles. The molecule has 0 amide bonds. The van der Waals surface area contributed by atoms with Gasteiger partial charge in [0.2, 0.25) is 0 Å². The van der Waals surface area contributed by atoms with Crippen LogP contribution in [0.15, 0.2) is 24.3 Å². The highest BCUT2D eigenvalue weighted by molar-refractivity contribution is 7.84. The van der Waals surface area contributed by atoms with Gasteiger partial charge in [0, 0.05) is 34.9 Å². The third kappa shape index (κ3) is 5.32. The Morgan fingerprint density at radius 1 is 1.26 bits per heavy atom. The van der Waals surface area contributed by atoms with E-state index in [2.05, 4.69) is 5.32 Å². The lowest BCUT2D eigenvalue weighted by atomic mass is 10.1. The van der Waals surface area contributed by atoms with Gasteiger partial charge in [0.05, 0.1) is 5.56 Å². The van der Waals surface area contributed by atoms with E-state index in [0.717, 1.165) is 17.7 Å². The molecule has 19 heavy (non-hydrogen) atoms. The zero-order chi connectivity index (χ0) is 14.5. The Bertz CT molecular complexity index is 417. The van der Waals surface area contributed by atoms with Crippen molar-refractivity contribution in [2.24, 2.45) is 0 Å². The molecule has 0 saturated heterocycles. The molecule has 2 nitrogen and oxygen atoms in total. The summed E-state index contributed by atoms with van der Waals surface area (Å²) in [6, 6.07) is 5.04. The number of benzene rings is 1. The van der Waals surface area contributed by atoms with E-state index in [1.54, 1.807) is 0 Å². The summed E-state index contributed by atoms with van der Waals surface area (Å²) in [5.41, 5.74) is 0.144. The number of halogens is 3. The van der Waals surface area contributed by atoms with Gasteiger partial charge in [-0.1, -0.05) is 19.1 Å². The van der Waals surface area contributed by atoms with Crippen molar-refractivity contribution < 1.29 is 17.4 Å². The fourth-order valence-electron chi connectivity index (χ4n) is 1.61. The highest BCUT2D eigenvalue weighted by atomic mass is 32.2. The van der Waals surface area contributed by atoms with E-state index in [1.165, 1.54) is 12.1 Å². The summed E-state index contributed by atoms with van der Waals surface area (Å²) >= 11 is 0. The van der Waals surface area contributed by atoms with Crippen molar-refractivity contribution in [2.45, 2.75) is 26.1 Å². The molecule has 0 heterocycles. The summed E-state index contributed by atoms with van der Waals surface area (Å²) in [6.45, 7) is 4.31. The molecule has 1 rings (SSSR count). The van der Waals surface area contributed by atoms with Crippen LogP contribution < -0.4 is 5.32 Å². The number of rotatable bonds is 6. The Kier molecular flexibility index (Phi) is 6.00. The van der Waals surface area contributed by atoms with E-state index >= 15 is 0 Å². The first kappa shape index (κ1) is 16.2. The van der Waals surface area contributed by atoms with E-state index < -0.39 is 22.5 Å². The first-order valence-corrected chi connectivity index (χ1v) is 7.59. The van der Waals surface area contributed by atoms with Gasteiger partial charge >= 0.3 is 6.18 Å². The molecule has 0 spiro atoms. The Balaban J connectivity index is 2.53. The molecular formula is C13H18F3NOS. The summed E-state index contributed by atoms with van der Waals surface area (Å²) in [5, 5.41) is 3.15. The maximum atomic E-state index is 12.4. The van der Waals surface area contributed by atoms with Crippen LogP contribution in [0.5, 0.6) is 0 Å². The minimum absolute atomic E-state index is 0.0591. The molecule has 1 aromatic rings. The standard InChI is InChI=1S/C13H18F3NOS/c1-3-19(18)9-8-17-10(2)11-4-6-12(7-5-11)13(14,15)16/h4-7,10,17H,3,8-9H2,1-2H3.